The fraction of sp³-hybridized carbons (Fsp3) is 0.133. The molecule has 0 saturated heterocycles. The van der Waals surface area contributed by atoms with E-state index in [1.54, 1.807) is 30.3 Å². The minimum Gasteiger partial charge on any atom is -0.492 e. The number of hydrogen-bond donors (Lipinski definition) is 2. The number of rotatable bonds is 5. The van der Waals surface area contributed by atoms with Crippen molar-refractivity contribution in [1.82, 2.24) is 0 Å². The van der Waals surface area contributed by atoms with E-state index in [-0.39, 0.29) is 11.5 Å². The normalized spacial score (nSPS) is 10.2. The second-order valence-corrected chi connectivity index (χ2v) is 5.10. The van der Waals surface area contributed by atoms with E-state index in [0.717, 1.165) is 0 Å². The average molecular weight is 353 g/mol. The summed E-state index contributed by atoms with van der Waals surface area (Å²) in [5.41, 5.74) is 6.19. The summed E-state index contributed by atoms with van der Waals surface area (Å²) in [6.07, 6.45) is 0. The van der Waals surface area contributed by atoms with Gasteiger partial charge in [0.1, 0.15) is 18.2 Å². The molecule has 4 nitrogen and oxygen atoms in total. The van der Waals surface area contributed by atoms with Crippen molar-refractivity contribution in [2.75, 3.05) is 18.5 Å². The quantitative estimate of drug-likeness (QED) is 0.868. The minimum absolute atomic E-state index is 0.249. The number of carbonyl (C=O) groups excluding carboxylic acids is 1. The monoisotopic (exact) mass is 352 g/mol. The molecule has 0 aliphatic rings. The molecular formula is C15H14BrFN2O2. The summed E-state index contributed by atoms with van der Waals surface area (Å²) >= 11 is 3.04. The third-order valence-corrected chi connectivity index (χ3v) is 3.32. The SMILES string of the molecule is NCCOc1ccc(NC(=O)c2ccc(Br)c(F)c2)cc1. The van der Waals surface area contributed by atoms with Crippen LogP contribution in [-0.4, -0.2) is 19.1 Å². The molecule has 2 rings (SSSR count). The van der Waals surface area contributed by atoms with Crippen molar-refractivity contribution in [3.63, 3.8) is 0 Å². The highest BCUT2D eigenvalue weighted by Crippen LogP contribution is 2.19. The molecule has 0 saturated carbocycles. The summed E-state index contributed by atoms with van der Waals surface area (Å²) in [7, 11) is 0. The first-order valence-corrected chi connectivity index (χ1v) is 7.09. The summed E-state index contributed by atoms with van der Waals surface area (Å²) in [6.45, 7) is 0.873. The van der Waals surface area contributed by atoms with Crippen molar-refractivity contribution >= 4 is 27.5 Å². The Balaban J connectivity index is 2.03. The molecule has 1 amide bonds. The van der Waals surface area contributed by atoms with E-state index in [4.69, 9.17) is 10.5 Å². The maximum absolute atomic E-state index is 13.4. The van der Waals surface area contributed by atoms with Crippen molar-refractivity contribution in [1.29, 1.82) is 0 Å². The fourth-order valence-electron chi connectivity index (χ4n) is 1.65. The Bertz CT molecular complexity index is 632. The molecule has 0 aliphatic carbocycles. The Morgan fingerprint density at radius 3 is 2.57 bits per heavy atom. The zero-order valence-corrected chi connectivity index (χ0v) is 12.7. The standard InChI is InChI=1S/C15H14BrFN2O2/c16-13-6-1-10(9-14(13)17)15(20)19-11-2-4-12(5-3-11)21-8-7-18/h1-6,9H,7-8,18H2,(H,19,20). The van der Waals surface area contributed by atoms with E-state index in [0.29, 0.717) is 29.1 Å². The second-order valence-electron chi connectivity index (χ2n) is 4.24. The summed E-state index contributed by atoms with van der Waals surface area (Å²) in [5.74, 6) is -0.182. The Morgan fingerprint density at radius 2 is 1.95 bits per heavy atom. The molecule has 0 atom stereocenters. The molecular weight excluding hydrogens is 339 g/mol. The number of halogens is 2. The van der Waals surface area contributed by atoms with Crippen LogP contribution in [0.1, 0.15) is 10.4 Å². The number of nitrogens with two attached hydrogens (primary N) is 1. The summed E-state index contributed by atoms with van der Waals surface area (Å²) in [6, 6.07) is 11.1. The van der Waals surface area contributed by atoms with Crippen LogP contribution in [0.3, 0.4) is 0 Å². The Hall–Kier alpha value is -1.92. The molecule has 0 aromatic heterocycles. The van der Waals surface area contributed by atoms with Crippen molar-refractivity contribution in [2.24, 2.45) is 5.73 Å². The topological polar surface area (TPSA) is 64.3 Å². The lowest BCUT2D eigenvalue weighted by molar-refractivity contribution is 0.102. The van der Waals surface area contributed by atoms with E-state index in [2.05, 4.69) is 21.2 Å². The van der Waals surface area contributed by atoms with Gasteiger partial charge in [0.25, 0.3) is 5.91 Å². The molecule has 0 fully saturated rings. The van der Waals surface area contributed by atoms with Crippen molar-refractivity contribution in [3.8, 4) is 5.75 Å². The average Bonchev–Trinajstić information content (AvgIpc) is 2.49. The molecule has 2 aromatic carbocycles. The van der Waals surface area contributed by atoms with Gasteiger partial charge in [-0.3, -0.25) is 4.79 Å². The van der Waals surface area contributed by atoms with Crippen LogP contribution in [0.25, 0.3) is 0 Å². The van der Waals surface area contributed by atoms with Gasteiger partial charge in [-0.25, -0.2) is 4.39 Å². The van der Waals surface area contributed by atoms with E-state index in [1.165, 1.54) is 12.1 Å². The number of carbonyl (C=O) groups is 1. The van der Waals surface area contributed by atoms with Gasteiger partial charge in [0.15, 0.2) is 0 Å². The number of nitrogens with one attached hydrogen (secondary N) is 1. The Morgan fingerprint density at radius 1 is 1.24 bits per heavy atom. The van der Waals surface area contributed by atoms with Gasteiger partial charge in [-0.2, -0.15) is 0 Å². The lowest BCUT2D eigenvalue weighted by Crippen LogP contribution is -2.12. The zero-order chi connectivity index (χ0) is 15.2. The number of hydrogen-bond acceptors (Lipinski definition) is 3. The zero-order valence-electron chi connectivity index (χ0n) is 11.1. The fourth-order valence-corrected chi connectivity index (χ4v) is 1.90. The molecule has 21 heavy (non-hydrogen) atoms. The molecule has 0 unspecified atom stereocenters. The predicted octanol–water partition coefficient (Wildman–Crippen LogP) is 3.18. The minimum atomic E-state index is -0.479. The highest BCUT2D eigenvalue weighted by atomic mass is 79.9. The number of ether oxygens (including phenoxy) is 1. The highest BCUT2D eigenvalue weighted by Gasteiger charge is 2.09. The molecule has 0 bridgehead atoms. The van der Waals surface area contributed by atoms with Crippen LogP contribution in [0.4, 0.5) is 10.1 Å². The van der Waals surface area contributed by atoms with E-state index < -0.39 is 5.82 Å². The smallest absolute Gasteiger partial charge is 0.255 e. The van der Waals surface area contributed by atoms with Gasteiger partial charge in [-0.05, 0) is 58.4 Å². The Kier molecular flexibility index (Phi) is 5.30. The van der Waals surface area contributed by atoms with Crippen LogP contribution in [-0.2, 0) is 0 Å². The third kappa shape index (κ3) is 4.27. The molecule has 3 N–H and O–H groups in total. The van der Waals surface area contributed by atoms with E-state index in [9.17, 15) is 9.18 Å². The molecule has 0 radical (unpaired) electrons. The van der Waals surface area contributed by atoms with Gasteiger partial charge in [0.2, 0.25) is 0 Å². The van der Waals surface area contributed by atoms with Crippen molar-refractivity contribution < 1.29 is 13.9 Å². The first-order chi connectivity index (χ1) is 10.1. The lowest BCUT2D eigenvalue weighted by Gasteiger charge is -2.08. The molecule has 0 spiro atoms. The molecule has 110 valence electrons. The van der Waals surface area contributed by atoms with Gasteiger partial charge >= 0.3 is 0 Å². The van der Waals surface area contributed by atoms with Gasteiger partial charge in [0, 0.05) is 17.8 Å². The molecule has 0 heterocycles. The van der Waals surface area contributed by atoms with Crippen molar-refractivity contribution in [3.05, 3.63) is 58.3 Å². The summed E-state index contributed by atoms with van der Waals surface area (Å²) in [4.78, 5) is 12.0. The Labute approximate surface area is 130 Å². The number of benzene rings is 2. The lowest BCUT2D eigenvalue weighted by atomic mass is 10.2. The molecule has 6 heteroatoms. The molecule has 0 aliphatic heterocycles. The van der Waals surface area contributed by atoms with E-state index in [1.807, 2.05) is 0 Å². The predicted molar refractivity (Wildman–Crippen MR) is 83.0 cm³/mol. The summed E-state index contributed by atoms with van der Waals surface area (Å²) in [5, 5.41) is 2.69. The van der Waals surface area contributed by atoms with Crippen LogP contribution in [0.15, 0.2) is 46.9 Å². The molecule has 2 aromatic rings. The van der Waals surface area contributed by atoms with Crippen LogP contribution in [0.5, 0.6) is 5.75 Å². The maximum Gasteiger partial charge on any atom is 0.255 e. The van der Waals surface area contributed by atoms with E-state index >= 15 is 0 Å². The van der Waals surface area contributed by atoms with Gasteiger partial charge < -0.3 is 15.8 Å². The maximum atomic E-state index is 13.4. The van der Waals surface area contributed by atoms with Gasteiger partial charge in [-0.15, -0.1) is 0 Å². The van der Waals surface area contributed by atoms with Crippen molar-refractivity contribution in [2.45, 2.75) is 0 Å². The summed E-state index contributed by atoms with van der Waals surface area (Å²) < 4.78 is 19.1. The largest absolute Gasteiger partial charge is 0.492 e. The van der Waals surface area contributed by atoms with Gasteiger partial charge in [0.05, 0.1) is 4.47 Å². The third-order valence-electron chi connectivity index (χ3n) is 2.68. The number of amides is 1. The first-order valence-electron chi connectivity index (χ1n) is 6.29. The second kappa shape index (κ2) is 7.19. The van der Waals surface area contributed by atoms with Crippen LogP contribution in [0, 0.1) is 5.82 Å². The van der Waals surface area contributed by atoms with Crippen LogP contribution >= 0.6 is 15.9 Å². The number of anilines is 1. The van der Waals surface area contributed by atoms with Gasteiger partial charge in [-0.1, -0.05) is 0 Å². The van der Waals surface area contributed by atoms with Crippen LogP contribution in [0.2, 0.25) is 0 Å². The first kappa shape index (κ1) is 15.5. The van der Waals surface area contributed by atoms with Crippen LogP contribution < -0.4 is 15.8 Å². The highest BCUT2D eigenvalue weighted by molar-refractivity contribution is 9.10.